The van der Waals surface area contributed by atoms with Crippen LogP contribution in [0.25, 0.3) is 0 Å². The van der Waals surface area contributed by atoms with Crippen LogP contribution in [-0.2, 0) is 39.5 Å². The summed E-state index contributed by atoms with van der Waals surface area (Å²) in [6, 6.07) is 21.7. The number of hydrazine groups is 1. The van der Waals surface area contributed by atoms with Crippen molar-refractivity contribution in [2.45, 2.75) is 31.7 Å². The van der Waals surface area contributed by atoms with E-state index in [0.29, 0.717) is 5.69 Å². The first kappa shape index (κ1) is 30.4. The summed E-state index contributed by atoms with van der Waals surface area (Å²) >= 11 is 0. The van der Waals surface area contributed by atoms with Gasteiger partial charge in [-0.25, -0.2) is 14.8 Å². The Hall–Kier alpha value is -5.03. The Morgan fingerprint density at radius 1 is 1.02 bits per heavy atom. The van der Waals surface area contributed by atoms with Crippen molar-refractivity contribution in [2.24, 2.45) is 0 Å². The number of hydrogen-bond donors (Lipinski definition) is 3. The number of piperazine rings is 1. The molecule has 3 aromatic carbocycles. The molecule has 2 aliphatic rings. The Balaban J connectivity index is 1.49. The lowest BCUT2D eigenvalue weighted by Gasteiger charge is -2.55. The van der Waals surface area contributed by atoms with E-state index in [1.165, 1.54) is 22.0 Å². The summed E-state index contributed by atoms with van der Waals surface area (Å²) in [5.41, 5.74) is 8.34. The van der Waals surface area contributed by atoms with Crippen molar-refractivity contribution in [3.63, 3.8) is 0 Å². The number of amides is 4. The Bertz CT molecular complexity index is 1660. The number of rotatable bonds is 9. The molecular weight excluding hydrogens is 580 g/mol. The molecule has 3 N–H and O–H groups in total. The van der Waals surface area contributed by atoms with Gasteiger partial charge >= 0.3 is 6.03 Å². The first-order valence-corrected chi connectivity index (χ1v) is 15.3. The quantitative estimate of drug-likeness (QED) is 0.319. The van der Waals surface area contributed by atoms with Crippen LogP contribution in [0.15, 0.2) is 91.5 Å². The molecule has 0 aromatic heterocycles. The highest BCUT2D eigenvalue weighted by molar-refractivity contribution is 7.75. The van der Waals surface area contributed by atoms with Crippen LogP contribution in [0.4, 0.5) is 10.5 Å². The number of anilines is 1. The molecule has 44 heavy (non-hydrogen) atoms. The number of phenols is 1. The van der Waals surface area contributed by atoms with Crippen LogP contribution in [0.3, 0.4) is 0 Å². The van der Waals surface area contributed by atoms with Crippen molar-refractivity contribution in [3.05, 3.63) is 108 Å². The minimum atomic E-state index is -1.77. The minimum absolute atomic E-state index is 0.0591. The molecule has 0 aliphatic carbocycles. The highest BCUT2D eigenvalue weighted by Gasteiger charge is 2.51. The van der Waals surface area contributed by atoms with Crippen LogP contribution in [0.1, 0.15) is 16.7 Å². The Morgan fingerprint density at radius 3 is 2.45 bits per heavy atom. The van der Waals surface area contributed by atoms with Crippen molar-refractivity contribution in [1.82, 2.24) is 25.1 Å². The predicted molar refractivity (Wildman–Crippen MR) is 167 cm³/mol. The molecule has 2 aliphatic heterocycles. The molecule has 228 valence electrons. The monoisotopic (exact) mass is 614 g/mol. The normalized spacial score (nSPS) is 18.5. The minimum Gasteiger partial charge on any atom is -0.508 e. The first-order chi connectivity index (χ1) is 21.2. The van der Waals surface area contributed by atoms with E-state index in [1.54, 1.807) is 46.3 Å². The fraction of sp³-hybridized carbons (Fsp3) is 0.250. The Kier molecular flexibility index (Phi) is 9.35. The van der Waals surface area contributed by atoms with Gasteiger partial charge in [-0.1, -0.05) is 66.4 Å². The molecule has 2 fully saturated rings. The fourth-order valence-electron chi connectivity index (χ4n) is 5.62. The molecule has 0 radical (unpaired) electrons. The van der Waals surface area contributed by atoms with E-state index in [4.69, 9.17) is 5.69 Å². The average Bonchev–Trinajstić information content (AvgIpc) is 2.99. The number of phenolic OH excluding ortho intramolecular Hbond substituents is 1. The highest BCUT2D eigenvalue weighted by Crippen LogP contribution is 2.30. The topological polar surface area (TPSA) is 126 Å². The van der Waals surface area contributed by atoms with Gasteiger partial charge in [-0.05, 0) is 41.0 Å². The zero-order chi connectivity index (χ0) is 31.2. The van der Waals surface area contributed by atoms with Gasteiger partial charge < -0.3 is 20.2 Å². The molecule has 12 heteroatoms. The zero-order valence-electron chi connectivity index (χ0n) is 24.0. The molecule has 0 saturated carbocycles. The van der Waals surface area contributed by atoms with Crippen molar-refractivity contribution >= 4 is 33.9 Å². The second-order valence-electron chi connectivity index (χ2n) is 10.6. The van der Waals surface area contributed by atoms with Crippen LogP contribution in [0.5, 0.6) is 5.75 Å². The number of carbonyl (C=O) groups is 3. The van der Waals surface area contributed by atoms with Crippen LogP contribution >= 0.6 is 0 Å². The number of hydrogen-bond acceptors (Lipinski definition) is 6. The van der Waals surface area contributed by atoms with E-state index in [2.05, 4.69) is 16.6 Å². The van der Waals surface area contributed by atoms with Gasteiger partial charge in [-0.3, -0.25) is 14.3 Å². The summed E-state index contributed by atoms with van der Waals surface area (Å²) in [6.45, 7) is 4.47. The third-order valence-electron chi connectivity index (χ3n) is 7.55. The number of urea groups is 1. The second-order valence-corrected chi connectivity index (χ2v) is 11.4. The summed E-state index contributed by atoms with van der Waals surface area (Å²) in [7, 11) is -1.77. The molecule has 5 rings (SSSR count). The van der Waals surface area contributed by atoms with Crippen LogP contribution in [-0.4, -0.2) is 78.8 Å². The molecule has 11 nitrogen and oxygen atoms in total. The molecule has 2 heterocycles. The SMILES string of the molecule is C#S(=O)Nc1cccc(CN2C[C@H]3N(C(=O)CN(CC=C)N3C(=O)NCc3ccccc3)[C@@H](Cc3ccc(O)cc3)C2=O)c1. The lowest BCUT2D eigenvalue weighted by atomic mass is 9.98. The molecule has 2 atom stereocenters. The van der Waals surface area contributed by atoms with Gasteiger partial charge in [0.15, 0.2) is 0 Å². The van der Waals surface area contributed by atoms with Crippen LogP contribution in [0, 0.1) is 5.69 Å². The number of fused-ring (bicyclic) bond motifs is 1. The third-order valence-corrected chi connectivity index (χ3v) is 7.99. The van der Waals surface area contributed by atoms with Crippen LogP contribution < -0.4 is 10.0 Å². The number of nitrogens with zero attached hydrogens (tertiary/aromatic N) is 4. The smallest absolute Gasteiger partial charge is 0.334 e. The molecular formula is C32H34N6O5S. The van der Waals surface area contributed by atoms with E-state index >= 15 is 0 Å². The lowest BCUT2D eigenvalue weighted by Crippen LogP contribution is -2.76. The summed E-state index contributed by atoms with van der Waals surface area (Å²) in [6.07, 6.45) is 1.01. The number of benzene rings is 3. The lowest BCUT2D eigenvalue weighted by molar-refractivity contribution is -0.189. The Morgan fingerprint density at radius 2 is 1.75 bits per heavy atom. The maximum Gasteiger partial charge on any atom is 0.334 e. The Labute approximate surface area is 258 Å². The van der Waals surface area contributed by atoms with E-state index < -0.39 is 28.6 Å². The molecule has 0 spiro atoms. The molecule has 0 unspecified atom stereocenters. The van der Waals surface area contributed by atoms with Crippen molar-refractivity contribution in [1.29, 1.82) is 0 Å². The van der Waals surface area contributed by atoms with E-state index in [1.807, 2.05) is 36.4 Å². The maximum absolute atomic E-state index is 14.1. The van der Waals surface area contributed by atoms with Crippen molar-refractivity contribution < 1.29 is 23.7 Å². The average molecular weight is 615 g/mol. The summed E-state index contributed by atoms with van der Waals surface area (Å²) in [5.74, 6) is -0.465. The number of aromatic hydroxyl groups is 1. The standard InChI is InChI=1S/C32H34N6O5S/c1-3-16-36-22-30(40)37-28(18-23-12-14-27(39)15-13-23)31(41)35(20-25-10-7-11-26(17-25)34-44(2)43)21-29(37)38(36)32(42)33-19-24-8-5-4-6-9-24/h2-15,17,28-29,39H,1,16,18-22H2,(H,33,42)(H,34,43)/t28-,29-/m0/s1. The molecule has 3 aromatic rings. The maximum atomic E-state index is 14.1. The van der Waals surface area contributed by atoms with Gasteiger partial charge in [-0.15, -0.1) is 6.58 Å². The molecule has 2 saturated heterocycles. The van der Waals surface area contributed by atoms with E-state index in [-0.39, 0.29) is 56.7 Å². The zero-order valence-corrected chi connectivity index (χ0v) is 24.9. The van der Waals surface area contributed by atoms with Gasteiger partial charge in [0.2, 0.25) is 11.8 Å². The summed E-state index contributed by atoms with van der Waals surface area (Å²) < 4.78 is 14.2. The third kappa shape index (κ3) is 6.95. The summed E-state index contributed by atoms with van der Waals surface area (Å²) in [4.78, 5) is 44.8. The van der Waals surface area contributed by atoms with Gasteiger partial charge in [0.25, 0.3) is 0 Å². The van der Waals surface area contributed by atoms with E-state index in [9.17, 15) is 23.7 Å². The van der Waals surface area contributed by atoms with Crippen molar-refractivity contribution in [2.75, 3.05) is 24.4 Å². The number of carbonyl (C=O) groups excluding carboxylic acids is 3. The van der Waals surface area contributed by atoms with E-state index in [0.717, 1.165) is 16.7 Å². The summed E-state index contributed by atoms with van der Waals surface area (Å²) in [5, 5.41) is 15.9. The fourth-order valence-corrected chi connectivity index (χ4v) is 5.98. The van der Waals surface area contributed by atoms with Gasteiger partial charge in [0, 0.05) is 26.1 Å². The second kappa shape index (κ2) is 13.5. The molecule has 4 amide bonds. The van der Waals surface area contributed by atoms with Gasteiger partial charge in [0.05, 0.1) is 18.8 Å². The first-order valence-electron chi connectivity index (χ1n) is 14.1. The van der Waals surface area contributed by atoms with Gasteiger partial charge in [0.1, 0.15) is 28.4 Å². The van der Waals surface area contributed by atoms with Crippen molar-refractivity contribution in [3.8, 4) is 11.4 Å². The highest BCUT2D eigenvalue weighted by atomic mass is 32.2. The predicted octanol–water partition coefficient (Wildman–Crippen LogP) is 2.79. The number of nitrogens with one attached hydrogen (secondary N) is 2. The molecule has 0 bridgehead atoms. The largest absolute Gasteiger partial charge is 0.508 e. The van der Waals surface area contributed by atoms with Crippen LogP contribution in [0.2, 0.25) is 0 Å². The van der Waals surface area contributed by atoms with Gasteiger partial charge in [-0.2, -0.15) is 4.21 Å².